The van der Waals surface area contributed by atoms with Crippen molar-refractivity contribution in [1.82, 2.24) is 15.2 Å². The van der Waals surface area contributed by atoms with E-state index in [4.69, 9.17) is 5.73 Å². The lowest BCUT2D eigenvalue weighted by molar-refractivity contribution is -0.165. The summed E-state index contributed by atoms with van der Waals surface area (Å²) < 4.78 is 39.7. The van der Waals surface area contributed by atoms with Crippen molar-refractivity contribution in [3.05, 3.63) is 30.1 Å². The topological polar surface area (TPSA) is 88.3 Å². The first-order valence-corrected chi connectivity index (χ1v) is 7.55. The fourth-order valence-corrected chi connectivity index (χ4v) is 2.73. The fraction of sp³-hybridized carbons (Fsp3) is 0.533. The van der Waals surface area contributed by atoms with Gasteiger partial charge in [0.15, 0.2) is 6.04 Å². The third-order valence-electron chi connectivity index (χ3n) is 3.97. The Morgan fingerprint density at radius 1 is 1.38 bits per heavy atom. The van der Waals surface area contributed by atoms with Gasteiger partial charge in [0.2, 0.25) is 11.8 Å². The molecule has 2 rings (SSSR count). The third kappa shape index (κ3) is 4.92. The monoisotopic (exact) mass is 344 g/mol. The van der Waals surface area contributed by atoms with Crippen LogP contribution >= 0.6 is 0 Å². The molecule has 0 spiro atoms. The molecule has 1 aliphatic rings. The van der Waals surface area contributed by atoms with Crippen molar-refractivity contribution in [3.63, 3.8) is 0 Å². The van der Waals surface area contributed by atoms with Gasteiger partial charge < -0.3 is 11.1 Å². The Balaban J connectivity index is 1.98. The largest absolute Gasteiger partial charge is 0.412 e. The Labute approximate surface area is 137 Å². The third-order valence-corrected chi connectivity index (χ3v) is 3.97. The number of halogens is 3. The SMILES string of the molecule is NC(=O)CN1CCC(C(=O)N[C@H](c2cccnc2)C(F)(F)F)CC1. The highest BCUT2D eigenvalue weighted by molar-refractivity contribution is 5.79. The highest BCUT2D eigenvalue weighted by atomic mass is 19.4. The molecule has 1 saturated heterocycles. The number of pyridine rings is 1. The molecule has 9 heteroatoms. The van der Waals surface area contributed by atoms with E-state index >= 15 is 0 Å². The van der Waals surface area contributed by atoms with Crippen molar-refractivity contribution in [2.75, 3.05) is 19.6 Å². The van der Waals surface area contributed by atoms with Gasteiger partial charge in [-0.1, -0.05) is 6.07 Å². The van der Waals surface area contributed by atoms with Crippen LogP contribution in [0.3, 0.4) is 0 Å². The van der Waals surface area contributed by atoms with Crippen LogP contribution in [-0.2, 0) is 9.59 Å². The van der Waals surface area contributed by atoms with E-state index in [0.717, 1.165) is 6.20 Å². The summed E-state index contributed by atoms with van der Waals surface area (Å²) in [4.78, 5) is 28.5. The average molecular weight is 344 g/mol. The summed E-state index contributed by atoms with van der Waals surface area (Å²) >= 11 is 0. The second-order valence-corrected chi connectivity index (χ2v) is 5.79. The summed E-state index contributed by atoms with van der Waals surface area (Å²) in [5.41, 5.74) is 5.00. The molecular weight excluding hydrogens is 325 g/mol. The van der Waals surface area contributed by atoms with E-state index in [-0.39, 0.29) is 12.1 Å². The number of carbonyl (C=O) groups is 2. The van der Waals surface area contributed by atoms with Crippen molar-refractivity contribution < 1.29 is 22.8 Å². The number of hydrogen-bond donors (Lipinski definition) is 2. The zero-order valence-corrected chi connectivity index (χ0v) is 12.9. The predicted molar refractivity (Wildman–Crippen MR) is 79.5 cm³/mol. The molecule has 1 aromatic heterocycles. The van der Waals surface area contributed by atoms with Crippen LogP contribution in [-0.4, -0.2) is 47.5 Å². The zero-order chi connectivity index (χ0) is 17.7. The van der Waals surface area contributed by atoms with Crippen LogP contribution < -0.4 is 11.1 Å². The van der Waals surface area contributed by atoms with Crippen LogP contribution in [0.1, 0.15) is 24.4 Å². The molecule has 1 aromatic rings. The Morgan fingerprint density at radius 2 is 2.04 bits per heavy atom. The predicted octanol–water partition coefficient (Wildman–Crippen LogP) is 0.998. The van der Waals surface area contributed by atoms with Gasteiger partial charge in [-0.15, -0.1) is 0 Å². The smallest absolute Gasteiger partial charge is 0.369 e. The van der Waals surface area contributed by atoms with Gasteiger partial charge in [0.1, 0.15) is 0 Å². The highest BCUT2D eigenvalue weighted by Crippen LogP contribution is 2.33. The van der Waals surface area contributed by atoms with Crippen LogP contribution in [0.2, 0.25) is 0 Å². The van der Waals surface area contributed by atoms with Gasteiger partial charge in [-0.3, -0.25) is 19.5 Å². The maximum Gasteiger partial charge on any atom is 0.412 e. The molecule has 1 atom stereocenters. The number of nitrogens with two attached hydrogens (primary N) is 1. The van der Waals surface area contributed by atoms with Crippen LogP contribution in [0, 0.1) is 5.92 Å². The second kappa shape index (κ2) is 7.61. The molecule has 0 bridgehead atoms. The second-order valence-electron chi connectivity index (χ2n) is 5.79. The van der Waals surface area contributed by atoms with Crippen LogP contribution in [0.15, 0.2) is 24.5 Å². The number of alkyl halides is 3. The molecule has 24 heavy (non-hydrogen) atoms. The number of nitrogens with zero attached hydrogens (tertiary/aromatic N) is 2. The Bertz CT molecular complexity index is 572. The first-order chi connectivity index (χ1) is 11.3. The van der Waals surface area contributed by atoms with Crippen molar-refractivity contribution in [2.24, 2.45) is 11.7 Å². The lowest BCUT2D eigenvalue weighted by Crippen LogP contribution is -2.46. The number of piperidine rings is 1. The van der Waals surface area contributed by atoms with E-state index in [1.807, 2.05) is 0 Å². The number of primary amides is 1. The van der Waals surface area contributed by atoms with Gasteiger partial charge in [0.05, 0.1) is 6.54 Å². The zero-order valence-electron chi connectivity index (χ0n) is 12.9. The van der Waals surface area contributed by atoms with E-state index < -0.39 is 30.0 Å². The summed E-state index contributed by atoms with van der Waals surface area (Å²) in [6, 6.07) is 0.589. The van der Waals surface area contributed by atoms with Crippen LogP contribution in [0.25, 0.3) is 0 Å². The number of carbonyl (C=O) groups excluding carboxylic acids is 2. The number of amides is 2. The summed E-state index contributed by atoms with van der Waals surface area (Å²) in [5.74, 6) is -1.62. The molecule has 0 aliphatic carbocycles. The molecule has 3 N–H and O–H groups in total. The minimum absolute atomic E-state index is 0.0925. The minimum Gasteiger partial charge on any atom is -0.369 e. The molecule has 0 aromatic carbocycles. The maximum absolute atomic E-state index is 13.2. The van der Waals surface area contributed by atoms with Crippen LogP contribution in [0.4, 0.5) is 13.2 Å². The van der Waals surface area contributed by atoms with Crippen molar-refractivity contribution in [2.45, 2.75) is 25.1 Å². The summed E-state index contributed by atoms with van der Waals surface area (Å²) in [5, 5.41) is 2.08. The summed E-state index contributed by atoms with van der Waals surface area (Å²) in [6.45, 7) is 0.990. The molecule has 0 radical (unpaired) electrons. The van der Waals surface area contributed by atoms with Gasteiger partial charge in [0.25, 0.3) is 0 Å². The normalized spacial score (nSPS) is 18.1. The Morgan fingerprint density at radius 3 is 2.54 bits per heavy atom. The summed E-state index contributed by atoms with van der Waals surface area (Å²) in [7, 11) is 0. The van der Waals surface area contributed by atoms with E-state index in [1.54, 1.807) is 4.90 Å². The first-order valence-electron chi connectivity index (χ1n) is 7.55. The molecule has 2 amide bonds. The fourth-order valence-electron chi connectivity index (χ4n) is 2.73. The van der Waals surface area contributed by atoms with Crippen molar-refractivity contribution in [1.29, 1.82) is 0 Å². The maximum atomic E-state index is 13.2. The number of aromatic nitrogens is 1. The lowest BCUT2D eigenvalue weighted by Gasteiger charge is -2.31. The highest BCUT2D eigenvalue weighted by Gasteiger charge is 2.43. The van der Waals surface area contributed by atoms with E-state index in [9.17, 15) is 22.8 Å². The van der Waals surface area contributed by atoms with E-state index in [2.05, 4.69) is 10.3 Å². The average Bonchev–Trinajstić information content (AvgIpc) is 2.52. The molecule has 6 nitrogen and oxygen atoms in total. The lowest BCUT2D eigenvalue weighted by atomic mass is 9.95. The van der Waals surface area contributed by atoms with Gasteiger partial charge in [-0.05, 0) is 32.0 Å². The van der Waals surface area contributed by atoms with Gasteiger partial charge in [-0.25, -0.2) is 0 Å². The Hall–Kier alpha value is -2.16. The first kappa shape index (κ1) is 18.2. The molecule has 1 fully saturated rings. The molecule has 132 valence electrons. The molecule has 0 unspecified atom stereocenters. The standard InChI is InChI=1S/C15H19F3N4O2/c16-15(17,18)13(11-2-1-5-20-8-11)21-14(24)10-3-6-22(7-4-10)9-12(19)23/h1-2,5,8,10,13H,3-4,6-7,9H2,(H2,19,23)(H,21,24)/t13-/m1/s1. The Kier molecular flexibility index (Phi) is 5.76. The van der Waals surface area contributed by atoms with Gasteiger partial charge >= 0.3 is 6.18 Å². The van der Waals surface area contributed by atoms with Crippen molar-refractivity contribution >= 4 is 11.8 Å². The van der Waals surface area contributed by atoms with E-state index in [1.165, 1.54) is 18.3 Å². The number of likely N-dealkylation sites (tertiary alicyclic amines) is 1. The quantitative estimate of drug-likeness (QED) is 0.834. The summed E-state index contributed by atoms with van der Waals surface area (Å²) in [6.07, 6.45) is -1.38. The molecule has 0 saturated carbocycles. The molecular formula is C15H19F3N4O2. The number of nitrogens with one attached hydrogen (secondary N) is 1. The van der Waals surface area contributed by atoms with E-state index in [0.29, 0.717) is 25.9 Å². The minimum atomic E-state index is -4.61. The number of rotatable bonds is 5. The van der Waals surface area contributed by atoms with Crippen molar-refractivity contribution in [3.8, 4) is 0 Å². The molecule has 1 aliphatic heterocycles. The molecule has 2 heterocycles. The number of hydrogen-bond acceptors (Lipinski definition) is 4. The van der Waals surface area contributed by atoms with Gasteiger partial charge in [0, 0.05) is 23.9 Å². The van der Waals surface area contributed by atoms with Gasteiger partial charge in [-0.2, -0.15) is 13.2 Å². The van der Waals surface area contributed by atoms with Crippen LogP contribution in [0.5, 0.6) is 0 Å².